The summed E-state index contributed by atoms with van der Waals surface area (Å²) in [7, 11) is 6.16. The van der Waals surface area contributed by atoms with Crippen LogP contribution in [0.5, 0.6) is 0 Å². The lowest BCUT2D eigenvalue weighted by Crippen LogP contribution is -2.60. The Hall–Kier alpha value is -4.24. The Kier molecular flexibility index (Phi) is 19.5. The fourth-order valence-corrected chi connectivity index (χ4v) is 8.21. The van der Waals surface area contributed by atoms with E-state index in [-0.39, 0.29) is 42.4 Å². The van der Waals surface area contributed by atoms with E-state index in [2.05, 4.69) is 10.6 Å². The van der Waals surface area contributed by atoms with Crippen LogP contribution < -0.4 is 10.6 Å². The van der Waals surface area contributed by atoms with Gasteiger partial charge in [0.2, 0.25) is 23.6 Å². The number of nitrogens with zero attached hydrogens (tertiary/aromatic N) is 3. The summed E-state index contributed by atoms with van der Waals surface area (Å²) in [4.78, 5) is 86.4. The number of carbonyl (C=O) groups is 6. The Labute approximate surface area is 358 Å². The van der Waals surface area contributed by atoms with Crippen LogP contribution >= 0.6 is 0 Å². The number of rotatable bonds is 21. The van der Waals surface area contributed by atoms with Gasteiger partial charge in [-0.25, -0.2) is 9.59 Å². The van der Waals surface area contributed by atoms with Crippen molar-refractivity contribution in [1.82, 2.24) is 25.3 Å². The van der Waals surface area contributed by atoms with Gasteiger partial charge >= 0.3 is 12.1 Å². The number of likely N-dealkylation sites (N-methyl/N-ethyl adjacent to an activating group) is 2. The van der Waals surface area contributed by atoms with Crippen molar-refractivity contribution in [2.45, 2.75) is 156 Å². The summed E-state index contributed by atoms with van der Waals surface area (Å²) < 4.78 is 17.5. The van der Waals surface area contributed by atoms with Crippen molar-refractivity contribution in [2.75, 3.05) is 34.9 Å². The third-order valence-corrected chi connectivity index (χ3v) is 11.8. The average Bonchev–Trinajstić information content (AvgIpc) is 3.65. The molecule has 1 saturated heterocycles. The number of carboxylic acids is 1. The molecule has 1 fully saturated rings. The summed E-state index contributed by atoms with van der Waals surface area (Å²) >= 11 is 0. The highest BCUT2D eigenvalue weighted by atomic mass is 16.6. The molecular formula is C45H75N5O10. The maximum absolute atomic E-state index is 14.5. The molecule has 0 saturated carbocycles. The van der Waals surface area contributed by atoms with Crippen molar-refractivity contribution < 1.29 is 48.1 Å². The summed E-state index contributed by atoms with van der Waals surface area (Å²) in [6.07, 6.45) is -0.205. The number of hydrogen-bond donors (Lipinski definition) is 3. The van der Waals surface area contributed by atoms with Gasteiger partial charge in [-0.05, 0) is 63.9 Å². The summed E-state index contributed by atoms with van der Waals surface area (Å²) in [6.45, 7) is 20.1. The molecule has 1 aliphatic rings. The molecule has 1 aromatic carbocycles. The molecular weight excluding hydrogens is 771 g/mol. The molecule has 3 N–H and O–H groups in total. The minimum Gasteiger partial charge on any atom is -0.480 e. The number of carboxylic acid groups (broad SMARTS) is 1. The second kappa shape index (κ2) is 22.6. The van der Waals surface area contributed by atoms with E-state index in [1.54, 1.807) is 44.5 Å². The topological polar surface area (TPSA) is 184 Å². The SMILES string of the molecule is CC[C@H](C)[C@@H]([C@@H](CC(=O)N1CCC[C@H]1[C@H](OC)[C@@H](C)C(=O)N[C@@](C)(Cc1ccccc1)C(=O)O)OC)N(C)C(=O)[C@@H](NC(=O)[C@H](C(C)C)N(C)C(=O)OC(C)(C)C)C(C)C. The molecule has 0 bridgehead atoms. The standard InChI is InChI=1S/C45H75N5O10/c1-16-29(6)37(48(12)41(54)35(27(2)3)46-40(53)36(28(4)5)49(13)43(57)60-44(8,9)10)33(58-14)25-34(51)50-24-20-23-32(50)38(59-15)30(7)39(52)47-45(11,42(55)56)26-31-21-18-17-19-22-31/h17-19,21-22,27-30,32-33,35-38H,16,20,23-26H2,1-15H3,(H,46,53)(H,47,52)(H,55,56)/t29-,30+,32-,33+,35-,36-,37-,38+,45-/m0/s1. The van der Waals surface area contributed by atoms with Crippen LogP contribution in [0.3, 0.4) is 0 Å². The van der Waals surface area contributed by atoms with E-state index in [4.69, 9.17) is 14.2 Å². The highest BCUT2D eigenvalue weighted by molar-refractivity contribution is 5.92. The van der Waals surface area contributed by atoms with Gasteiger partial charge in [0.1, 0.15) is 23.2 Å². The minimum atomic E-state index is -1.58. The van der Waals surface area contributed by atoms with E-state index in [1.807, 2.05) is 71.9 Å². The molecule has 5 amide bonds. The van der Waals surface area contributed by atoms with E-state index in [9.17, 15) is 33.9 Å². The van der Waals surface area contributed by atoms with Gasteiger partial charge < -0.3 is 39.8 Å². The molecule has 0 unspecified atom stereocenters. The predicted molar refractivity (Wildman–Crippen MR) is 230 cm³/mol. The number of carbonyl (C=O) groups excluding carboxylic acids is 5. The largest absolute Gasteiger partial charge is 0.480 e. The highest BCUT2D eigenvalue weighted by Gasteiger charge is 2.45. The molecule has 0 spiro atoms. The summed E-state index contributed by atoms with van der Waals surface area (Å²) in [5, 5.41) is 15.8. The highest BCUT2D eigenvalue weighted by Crippen LogP contribution is 2.30. The van der Waals surface area contributed by atoms with E-state index < -0.39 is 77.3 Å². The van der Waals surface area contributed by atoms with Crippen LogP contribution in [0.1, 0.15) is 107 Å². The zero-order valence-electron chi connectivity index (χ0n) is 38.9. The van der Waals surface area contributed by atoms with Gasteiger partial charge in [0.15, 0.2) is 0 Å². The number of methoxy groups -OCH3 is 2. The van der Waals surface area contributed by atoms with Crippen molar-refractivity contribution in [1.29, 1.82) is 0 Å². The molecule has 2 rings (SSSR count). The van der Waals surface area contributed by atoms with Gasteiger partial charge in [-0.15, -0.1) is 0 Å². The Morgan fingerprint density at radius 3 is 1.97 bits per heavy atom. The Balaban J connectivity index is 2.33. The van der Waals surface area contributed by atoms with Crippen LogP contribution in [0.15, 0.2) is 30.3 Å². The summed E-state index contributed by atoms with van der Waals surface area (Å²) in [6, 6.07) is 6.16. The van der Waals surface area contributed by atoms with Gasteiger partial charge in [-0.2, -0.15) is 0 Å². The Morgan fingerprint density at radius 2 is 1.48 bits per heavy atom. The molecule has 1 aliphatic heterocycles. The van der Waals surface area contributed by atoms with E-state index in [0.717, 1.165) is 5.56 Å². The molecule has 15 heteroatoms. The van der Waals surface area contributed by atoms with Crippen molar-refractivity contribution in [3.8, 4) is 0 Å². The van der Waals surface area contributed by atoms with Crippen LogP contribution in [0.4, 0.5) is 4.79 Å². The van der Waals surface area contributed by atoms with Crippen LogP contribution in [-0.4, -0.2) is 138 Å². The lowest BCUT2D eigenvalue weighted by Gasteiger charge is -2.41. The molecule has 0 radical (unpaired) electrons. The minimum absolute atomic E-state index is 0.0698. The molecule has 0 aliphatic carbocycles. The number of nitrogens with one attached hydrogen (secondary N) is 2. The predicted octanol–water partition coefficient (Wildman–Crippen LogP) is 5.14. The normalized spacial score (nSPS) is 18.9. The fraction of sp³-hybridized carbons (Fsp3) is 0.733. The molecule has 9 atom stereocenters. The van der Waals surface area contributed by atoms with Crippen molar-refractivity contribution in [3.63, 3.8) is 0 Å². The van der Waals surface area contributed by atoms with E-state index in [0.29, 0.717) is 25.8 Å². The first kappa shape index (κ1) is 51.9. The van der Waals surface area contributed by atoms with Gasteiger partial charge in [0.05, 0.1) is 36.6 Å². The number of ether oxygens (including phenoxy) is 3. The van der Waals surface area contributed by atoms with Crippen molar-refractivity contribution in [2.24, 2.45) is 23.7 Å². The van der Waals surface area contributed by atoms with Crippen molar-refractivity contribution in [3.05, 3.63) is 35.9 Å². The fourth-order valence-electron chi connectivity index (χ4n) is 8.21. The van der Waals surface area contributed by atoms with Crippen LogP contribution in [0.25, 0.3) is 0 Å². The Bertz CT molecular complexity index is 1600. The molecule has 0 aromatic heterocycles. The third-order valence-electron chi connectivity index (χ3n) is 11.8. The number of amides is 5. The lowest BCUT2D eigenvalue weighted by atomic mass is 9.89. The zero-order valence-corrected chi connectivity index (χ0v) is 38.9. The molecule has 1 aromatic rings. The number of benzene rings is 1. The van der Waals surface area contributed by atoms with Crippen LogP contribution in [0, 0.1) is 23.7 Å². The summed E-state index contributed by atoms with van der Waals surface area (Å²) in [5.74, 6) is -4.30. The monoisotopic (exact) mass is 846 g/mol. The second-order valence-corrected chi connectivity index (χ2v) is 18.4. The first-order valence-electron chi connectivity index (χ1n) is 21.3. The lowest BCUT2D eigenvalue weighted by molar-refractivity contribution is -0.150. The number of likely N-dealkylation sites (tertiary alicyclic amines) is 1. The Morgan fingerprint density at radius 1 is 0.883 bits per heavy atom. The molecule has 60 heavy (non-hydrogen) atoms. The maximum Gasteiger partial charge on any atom is 0.410 e. The third kappa shape index (κ3) is 13.6. The average molecular weight is 846 g/mol. The summed E-state index contributed by atoms with van der Waals surface area (Å²) in [5.41, 5.74) is -1.59. The van der Waals surface area contributed by atoms with E-state index in [1.165, 1.54) is 33.1 Å². The van der Waals surface area contributed by atoms with Crippen LogP contribution in [0.2, 0.25) is 0 Å². The molecule has 1 heterocycles. The van der Waals surface area contributed by atoms with Gasteiger partial charge in [-0.1, -0.05) is 85.2 Å². The van der Waals surface area contributed by atoms with Crippen molar-refractivity contribution >= 4 is 35.7 Å². The molecule has 15 nitrogen and oxygen atoms in total. The first-order valence-corrected chi connectivity index (χ1v) is 21.3. The molecule has 340 valence electrons. The smallest absolute Gasteiger partial charge is 0.410 e. The maximum atomic E-state index is 14.5. The zero-order chi connectivity index (χ0) is 45.9. The quantitative estimate of drug-likeness (QED) is 0.150. The van der Waals surface area contributed by atoms with Gasteiger partial charge in [-0.3, -0.25) is 24.1 Å². The number of hydrogen-bond acceptors (Lipinski definition) is 9. The van der Waals surface area contributed by atoms with Gasteiger partial charge in [0, 0.05) is 41.3 Å². The number of aliphatic carboxylic acids is 1. The van der Waals surface area contributed by atoms with E-state index >= 15 is 0 Å². The van der Waals surface area contributed by atoms with Gasteiger partial charge in [0.25, 0.3) is 0 Å². The second-order valence-electron chi connectivity index (χ2n) is 18.4. The first-order chi connectivity index (χ1) is 27.8. The van der Waals surface area contributed by atoms with Crippen LogP contribution in [-0.2, 0) is 44.6 Å².